The molecule has 4 aromatic carbocycles. The number of rotatable bonds is 6. The molecule has 1 aliphatic rings. The first kappa shape index (κ1) is 24.7. The van der Waals surface area contributed by atoms with Gasteiger partial charge in [-0.25, -0.2) is 4.79 Å². The zero-order valence-corrected chi connectivity index (χ0v) is 21.1. The molecule has 0 amide bonds. The summed E-state index contributed by atoms with van der Waals surface area (Å²) >= 11 is 0. The van der Waals surface area contributed by atoms with E-state index in [0.29, 0.717) is 29.2 Å². The van der Waals surface area contributed by atoms with E-state index in [2.05, 4.69) is 18.2 Å². The predicted octanol–water partition coefficient (Wildman–Crippen LogP) is 6.32. The molecule has 188 valence electrons. The molecule has 0 aliphatic carbocycles. The molecule has 0 spiro atoms. The second kappa shape index (κ2) is 10.5. The number of ether oxygens (including phenoxy) is 3. The average Bonchev–Trinajstić information content (AvgIpc) is 2.92. The second-order valence-electron chi connectivity index (χ2n) is 9.17. The van der Waals surface area contributed by atoms with Crippen LogP contribution < -0.4 is 19.9 Å². The van der Waals surface area contributed by atoms with Crippen molar-refractivity contribution in [3.8, 4) is 23.3 Å². The Labute approximate surface area is 221 Å². The Morgan fingerprint density at radius 1 is 0.947 bits per heavy atom. The summed E-state index contributed by atoms with van der Waals surface area (Å²) < 4.78 is 17.3. The SMILES string of the molecule is Cc1ccc(COc2ccc(C3C(C#N)=C(N)Oc4cc(OC(=O)c5ccccc5C)ccc43)cc2)cc1. The Hall–Kier alpha value is -5.02. The number of nitriles is 1. The van der Waals surface area contributed by atoms with Gasteiger partial charge in [0.15, 0.2) is 0 Å². The Balaban J connectivity index is 1.38. The van der Waals surface area contributed by atoms with E-state index in [1.165, 1.54) is 5.56 Å². The summed E-state index contributed by atoms with van der Waals surface area (Å²) in [5, 5.41) is 9.87. The number of allylic oxidation sites excluding steroid dienone is 1. The summed E-state index contributed by atoms with van der Waals surface area (Å²) in [4.78, 5) is 12.7. The number of carbonyl (C=O) groups excluding carboxylic acids is 1. The average molecular weight is 503 g/mol. The van der Waals surface area contributed by atoms with Gasteiger partial charge in [0.05, 0.1) is 11.5 Å². The third-order valence-corrected chi connectivity index (χ3v) is 6.51. The van der Waals surface area contributed by atoms with Crippen LogP contribution in [0.25, 0.3) is 0 Å². The lowest BCUT2D eigenvalue weighted by molar-refractivity contribution is 0.0733. The van der Waals surface area contributed by atoms with Crippen LogP contribution >= 0.6 is 0 Å². The van der Waals surface area contributed by atoms with Crippen molar-refractivity contribution in [1.29, 1.82) is 5.26 Å². The zero-order chi connectivity index (χ0) is 26.6. The van der Waals surface area contributed by atoms with Crippen LogP contribution in [0.5, 0.6) is 17.2 Å². The van der Waals surface area contributed by atoms with Gasteiger partial charge in [-0.1, -0.05) is 66.2 Å². The fraction of sp³-hybridized carbons (Fsp3) is 0.125. The first-order valence-electron chi connectivity index (χ1n) is 12.2. The predicted molar refractivity (Wildman–Crippen MR) is 144 cm³/mol. The minimum absolute atomic E-state index is 0.0204. The summed E-state index contributed by atoms with van der Waals surface area (Å²) in [6.07, 6.45) is 0. The Morgan fingerprint density at radius 3 is 2.37 bits per heavy atom. The number of nitrogens with two attached hydrogens (primary N) is 1. The van der Waals surface area contributed by atoms with Crippen LogP contribution in [0, 0.1) is 25.2 Å². The van der Waals surface area contributed by atoms with Gasteiger partial charge in [-0.2, -0.15) is 5.26 Å². The van der Waals surface area contributed by atoms with Crippen molar-refractivity contribution in [3.63, 3.8) is 0 Å². The molecule has 6 nitrogen and oxygen atoms in total. The molecule has 2 N–H and O–H groups in total. The maximum absolute atomic E-state index is 12.7. The summed E-state index contributed by atoms with van der Waals surface area (Å²) in [5.41, 5.74) is 11.7. The highest BCUT2D eigenvalue weighted by atomic mass is 16.5. The maximum atomic E-state index is 12.7. The molecule has 0 saturated heterocycles. The zero-order valence-electron chi connectivity index (χ0n) is 21.1. The van der Waals surface area contributed by atoms with E-state index >= 15 is 0 Å². The molecule has 1 atom stereocenters. The van der Waals surface area contributed by atoms with E-state index in [-0.39, 0.29) is 5.88 Å². The van der Waals surface area contributed by atoms with Gasteiger partial charge in [-0.3, -0.25) is 0 Å². The molecule has 4 aromatic rings. The molecule has 6 heteroatoms. The highest BCUT2D eigenvalue weighted by Gasteiger charge is 2.31. The van der Waals surface area contributed by atoms with E-state index in [1.54, 1.807) is 30.3 Å². The van der Waals surface area contributed by atoms with Gasteiger partial charge < -0.3 is 19.9 Å². The Morgan fingerprint density at radius 2 is 1.66 bits per heavy atom. The molecule has 38 heavy (non-hydrogen) atoms. The van der Waals surface area contributed by atoms with Crippen LogP contribution in [0.1, 0.15) is 44.1 Å². The summed E-state index contributed by atoms with van der Waals surface area (Å²) in [6.45, 7) is 4.36. The number of benzene rings is 4. The van der Waals surface area contributed by atoms with Gasteiger partial charge in [-0.15, -0.1) is 0 Å². The lowest BCUT2D eigenvalue weighted by Gasteiger charge is -2.27. The summed E-state index contributed by atoms with van der Waals surface area (Å²) in [5.74, 6) is 0.599. The highest BCUT2D eigenvalue weighted by molar-refractivity contribution is 5.92. The number of hydrogen-bond acceptors (Lipinski definition) is 6. The van der Waals surface area contributed by atoms with Crippen molar-refractivity contribution >= 4 is 5.97 Å². The number of nitrogens with zero attached hydrogens (tertiary/aromatic N) is 1. The molecule has 1 unspecified atom stereocenters. The largest absolute Gasteiger partial charge is 0.489 e. The van der Waals surface area contributed by atoms with E-state index in [4.69, 9.17) is 19.9 Å². The fourth-order valence-electron chi connectivity index (χ4n) is 4.41. The minimum Gasteiger partial charge on any atom is -0.489 e. The minimum atomic E-state index is -0.460. The quantitative estimate of drug-likeness (QED) is 0.245. The van der Waals surface area contributed by atoms with Gasteiger partial charge in [0.2, 0.25) is 5.88 Å². The standard InChI is InChI=1S/C32H26N2O4/c1-20-7-9-22(10-8-20)19-36-24-13-11-23(12-14-24)30-27-16-15-25(17-29(27)38-31(34)28(30)18-33)37-32(35)26-6-4-3-5-21(26)2/h3-17,30H,19,34H2,1-2H3. The summed E-state index contributed by atoms with van der Waals surface area (Å²) in [6, 6.07) is 30.3. The van der Waals surface area contributed by atoms with Gasteiger partial charge in [0.1, 0.15) is 35.5 Å². The van der Waals surface area contributed by atoms with Crippen LogP contribution in [0.3, 0.4) is 0 Å². The molecule has 1 aliphatic heterocycles. The maximum Gasteiger partial charge on any atom is 0.343 e. The molecular weight excluding hydrogens is 476 g/mol. The van der Waals surface area contributed by atoms with Crippen LogP contribution in [-0.4, -0.2) is 5.97 Å². The second-order valence-corrected chi connectivity index (χ2v) is 9.17. The van der Waals surface area contributed by atoms with Gasteiger partial charge in [0.25, 0.3) is 0 Å². The van der Waals surface area contributed by atoms with Crippen molar-refractivity contribution < 1.29 is 19.0 Å². The van der Waals surface area contributed by atoms with Gasteiger partial charge >= 0.3 is 5.97 Å². The number of fused-ring (bicyclic) bond motifs is 1. The lowest BCUT2D eigenvalue weighted by atomic mass is 9.83. The number of carbonyl (C=O) groups is 1. The molecular formula is C32H26N2O4. The van der Waals surface area contributed by atoms with Crippen LogP contribution in [0.15, 0.2) is 102 Å². The van der Waals surface area contributed by atoms with Crippen molar-refractivity contribution in [2.24, 2.45) is 5.73 Å². The van der Waals surface area contributed by atoms with E-state index in [9.17, 15) is 10.1 Å². The number of aryl methyl sites for hydroxylation is 2. The number of hydrogen-bond donors (Lipinski definition) is 1. The molecule has 0 saturated carbocycles. The third-order valence-electron chi connectivity index (χ3n) is 6.51. The Bertz CT molecular complexity index is 1560. The van der Waals surface area contributed by atoms with Crippen molar-refractivity contribution in [2.75, 3.05) is 0 Å². The molecule has 0 aromatic heterocycles. The normalized spacial score (nSPS) is 14.2. The van der Waals surface area contributed by atoms with Crippen LogP contribution in [0.2, 0.25) is 0 Å². The van der Waals surface area contributed by atoms with E-state index < -0.39 is 11.9 Å². The van der Waals surface area contributed by atoms with Crippen molar-refractivity contribution in [3.05, 3.63) is 136 Å². The van der Waals surface area contributed by atoms with E-state index in [0.717, 1.165) is 28.0 Å². The first-order valence-corrected chi connectivity index (χ1v) is 12.2. The molecule has 0 bridgehead atoms. The fourth-order valence-corrected chi connectivity index (χ4v) is 4.41. The van der Waals surface area contributed by atoms with Gasteiger partial charge in [0, 0.05) is 11.6 Å². The molecule has 0 fully saturated rings. The summed E-state index contributed by atoms with van der Waals surface area (Å²) in [7, 11) is 0. The molecule has 1 heterocycles. The first-order chi connectivity index (χ1) is 18.4. The number of esters is 1. The molecule has 0 radical (unpaired) electrons. The topological polar surface area (TPSA) is 94.6 Å². The van der Waals surface area contributed by atoms with Crippen LogP contribution in [-0.2, 0) is 6.61 Å². The van der Waals surface area contributed by atoms with Gasteiger partial charge in [-0.05, 0) is 54.8 Å². The van der Waals surface area contributed by atoms with Crippen molar-refractivity contribution in [1.82, 2.24) is 0 Å². The highest BCUT2D eigenvalue weighted by Crippen LogP contribution is 2.43. The Kier molecular flexibility index (Phi) is 6.84. The van der Waals surface area contributed by atoms with Crippen LogP contribution in [0.4, 0.5) is 0 Å². The lowest BCUT2D eigenvalue weighted by Crippen LogP contribution is -2.21. The molecule has 5 rings (SSSR count). The smallest absolute Gasteiger partial charge is 0.343 e. The van der Waals surface area contributed by atoms with Crippen molar-refractivity contribution in [2.45, 2.75) is 26.4 Å². The third kappa shape index (κ3) is 5.09. The van der Waals surface area contributed by atoms with E-state index in [1.807, 2.05) is 62.4 Å². The monoisotopic (exact) mass is 502 g/mol.